The van der Waals surface area contributed by atoms with Gasteiger partial charge in [0.15, 0.2) is 29.7 Å². The molecule has 24 heteroatoms. The molecule has 3 aliphatic carbocycles. The Balaban J connectivity index is 1.22. The SMILES string of the molecule is CCCCCCCCCCCCCCCCC(=O)OC[C@H](COP(=O)(O)OCC[N+](C)(C)C)OC(=O)CNC(c1ccccc1)[C@@H](O)C(=O)O[C@H]1C[C@@]2(O)C(OC(=O)c3ccccc3)C3[C@](C)(C(=O)[C@H](OC(C)=O)C(=C1C)C2(C)C)[C@@H](O)C[C@H]1OC[C@@]31OC(C)=O. The van der Waals surface area contributed by atoms with Gasteiger partial charge < -0.3 is 57.9 Å². The number of unbranched alkanes of at least 4 members (excludes halogenated alkanes) is 13. The second kappa shape index (κ2) is 33.1. The van der Waals surface area contributed by atoms with Crippen molar-refractivity contribution in [2.75, 3.05) is 60.7 Å². The van der Waals surface area contributed by atoms with Gasteiger partial charge in [-0.1, -0.05) is 153 Å². The van der Waals surface area contributed by atoms with Gasteiger partial charge in [-0.05, 0) is 49.1 Å². The average Bonchev–Trinajstić information content (AvgIpc) is 0.671. The molecular weight excluding hydrogens is 1200 g/mol. The van der Waals surface area contributed by atoms with Crippen LogP contribution in [0.15, 0.2) is 71.8 Å². The number of rotatable bonds is 36. The Morgan fingerprint density at radius 2 is 1.36 bits per heavy atom. The molecule has 2 saturated carbocycles. The Kier molecular flexibility index (Phi) is 27.1. The number of fused-ring (bicyclic) bond motifs is 5. The zero-order chi connectivity index (χ0) is 67.0. The van der Waals surface area contributed by atoms with Crippen LogP contribution in [0.5, 0.6) is 0 Å². The maximum absolute atomic E-state index is 15.7. The summed E-state index contributed by atoms with van der Waals surface area (Å²) in [5.41, 5.74) is -7.87. The number of hydrogen-bond donors (Lipinski definition) is 5. The summed E-state index contributed by atoms with van der Waals surface area (Å²) < 4.78 is 65.6. The van der Waals surface area contributed by atoms with Crippen molar-refractivity contribution in [3.8, 4) is 0 Å². The number of ketones is 1. The van der Waals surface area contributed by atoms with Gasteiger partial charge in [-0.25, -0.2) is 14.2 Å². The fourth-order valence-corrected chi connectivity index (χ4v) is 14.1. The molecule has 1 aliphatic heterocycles. The molecule has 5 N–H and O–H groups in total. The van der Waals surface area contributed by atoms with Gasteiger partial charge in [-0.2, -0.15) is 0 Å². The Hall–Kier alpha value is -5.46. The van der Waals surface area contributed by atoms with Crippen LogP contribution in [-0.4, -0.2) is 181 Å². The maximum Gasteiger partial charge on any atom is 0.472 e. The van der Waals surface area contributed by atoms with E-state index in [-0.39, 0.29) is 48.3 Å². The number of phosphoric ester groups is 1. The second-order valence-corrected chi connectivity index (χ2v) is 28.1. The van der Waals surface area contributed by atoms with E-state index in [2.05, 4.69) is 12.2 Å². The van der Waals surface area contributed by atoms with Crippen LogP contribution >= 0.6 is 7.82 Å². The van der Waals surface area contributed by atoms with Crippen LogP contribution in [0.2, 0.25) is 0 Å². The average molecular weight is 1300 g/mol. The van der Waals surface area contributed by atoms with E-state index in [1.165, 1.54) is 97.6 Å². The summed E-state index contributed by atoms with van der Waals surface area (Å²) in [7, 11) is 0.863. The third kappa shape index (κ3) is 19.1. The van der Waals surface area contributed by atoms with Crippen LogP contribution in [-0.2, 0) is 75.5 Å². The van der Waals surface area contributed by atoms with Crippen molar-refractivity contribution in [3.05, 3.63) is 82.9 Å². The Morgan fingerprint density at radius 1 is 0.780 bits per heavy atom. The van der Waals surface area contributed by atoms with Crippen molar-refractivity contribution >= 4 is 49.4 Å². The van der Waals surface area contributed by atoms with E-state index in [0.717, 1.165) is 39.5 Å². The zero-order valence-corrected chi connectivity index (χ0v) is 55.8. The predicted octanol–water partition coefficient (Wildman–Crippen LogP) is 8.06. The Bertz CT molecular complexity index is 2860. The minimum atomic E-state index is -4.72. The molecule has 91 heavy (non-hydrogen) atoms. The van der Waals surface area contributed by atoms with E-state index in [1.807, 2.05) is 21.1 Å². The van der Waals surface area contributed by atoms with Crippen LogP contribution in [0.1, 0.15) is 180 Å². The van der Waals surface area contributed by atoms with Gasteiger partial charge >= 0.3 is 43.6 Å². The number of ether oxygens (including phenoxy) is 7. The van der Waals surface area contributed by atoms with Crippen LogP contribution in [0.4, 0.5) is 0 Å². The number of esters is 6. The van der Waals surface area contributed by atoms with Crippen LogP contribution in [0.3, 0.4) is 0 Å². The van der Waals surface area contributed by atoms with E-state index in [0.29, 0.717) is 17.4 Å². The number of quaternary nitrogens is 1. The van der Waals surface area contributed by atoms with Gasteiger partial charge in [0.25, 0.3) is 0 Å². The van der Waals surface area contributed by atoms with Crippen molar-refractivity contribution in [3.63, 3.8) is 0 Å². The number of benzene rings is 2. The fourth-order valence-electron chi connectivity index (χ4n) is 13.3. The lowest BCUT2D eigenvalue weighted by molar-refractivity contribution is -0.870. The highest BCUT2D eigenvalue weighted by molar-refractivity contribution is 7.47. The van der Waals surface area contributed by atoms with Crippen molar-refractivity contribution in [2.45, 2.75) is 218 Å². The van der Waals surface area contributed by atoms with Gasteiger partial charge in [0.1, 0.15) is 43.7 Å². The number of Topliss-reactive ketones (excluding diaryl/α,β-unsaturated/α-hetero) is 1. The van der Waals surface area contributed by atoms with E-state index < -0.39 is 152 Å². The Labute approximate surface area is 535 Å². The molecule has 23 nitrogen and oxygen atoms in total. The lowest BCUT2D eigenvalue weighted by atomic mass is 9.44. The third-order valence-electron chi connectivity index (χ3n) is 18.5. The van der Waals surface area contributed by atoms with Gasteiger partial charge in [-0.15, -0.1) is 0 Å². The number of carbonyl (C=O) groups is 7. The van der Waals surface area contributed by atoms with Crippen LogP contribution < -0.4 is 5.32 Å². The molecule has 0 amide bonds. The zero-order valence-electron chi connectivity index (χ0n) is 54.9. The van der Waals surface area contributed by atoms with Crippen molar-refractivity contribution in [2.24, 2.45) is 16.7 Å². The van der Waals surface area contributed by atoms with E-state index in [9.17, 15) is 53.5 Å². The second-order valence-electron chi connectivity index (χ2n) is 26.6. The highest BCUT2D eigenvalue weighted by Crippen LogP contribution is 2.64. The molecule has 0 aromatic heterocycles. The summed E-state index contributed by atoms with van der Waals surface area (Å²) in [4.78, 5) is 109. The first-order chi connectivity index (χ1) is 42.9. The number of hydrogen-bond acceptors (Lipinski definition) is 21. The molecule has 2 aromatic rings. The minimum Gasteiger partial charge on any atom is -0.462 e. The van der Waals surface area contributed by atoms with E-state index in [1.54, 1.807) is 48.5 Å². The number of nitrogens with one attached hydrogen (secondary N) is 1. The summed E-state index contributed by atoms with van der Waals surface area (Å²) in [5.74, 6) is -8.21. The summed E-state index contributed by atoms with van der Waals surface area (Å²) >= 11 is 0. The Morgan fingerprint density at radius 3 is 1.91 bits per heavy atom. The fraction of sp³-hybridized carbons (Fsp3) is 0.687. The summed E-state index contributed by atoms with van der Waals surface area (Å²) in [6.07, 6.45) is 3.38. The molecule has 1 heterocycles. The van der Waals surface area contributed by atoms with Gasteiger partial charge in [0.05, 0.1) is 69.9 Å². The quantitative estimate of drug-likeness (QED) is 0.0108. The monoisotopic (exact) mass is 1300 g/mol. The smallest absolute Gasteiger partial charge is 0.462 e. The highest BCUT2D eigenvalue weighted by Gasteiger charge is 2.78. The lowest BCUT2D eigenvalue weighted by Crippen LogP contribution is -2.82. The molecule has 1 saturated heterocycles. The molecule has 508 valence electrons. The first-order valence-electron chi connectivity index (χ1n) is 32.3. The third-order valence-corrected chi connectivity index (χ3v) is 19.5. The van der Waals surface area contributed by atoms with Crippen molar-refractivity contribution < 1.29 is 105 Å². The number of nitrogens with zero attached hydrogens (tertiary/aromatic N) is 1. The minimum absolute atomic E-state index is 0.0262. The largest absolute Gasteiger partial charge is 0.472 e. The molecule has 13 atom stereocenters. The molecule has 2 aromatic carbocycles. The van der Waals surface area contributed by atoms with Gasteiger partial charge in [-0.3, -0.25) is 38.3 Å². The van der Waals surface area contributed by atoms with Gasteiger partial charge in [0, 0.05) is 38.5 Å². The molecule has 4 aliphatic rings. The summed E-state index contributed by atoms with van der Waals surface area (Å²) in [6.45, 7) is 8.14. The van der Waals surface area contributed by atoms with E-state index >= 15 is 4.79 Å². The molecule has 3 fully saturated rings. The summed E-state index contributed by atoms with van der Waals surface area (Å²) in [6, 6.07) is 14.3. The first kappa shape index (κ1) is 74.6. The normalized spacial score (nSPS) is 26.8. The number of likely N-dealkylation sites (N-methyl/N-ethyl adjacent to an activating group) is 1. The first-order valence-corrected chi connectivity index (χ1v) is 33.8. The molecule has 0 spiro atoms. The van der Waals surface area contributed by atoms with Crippen molar-refractivity contribution in [1.29, 1.82) is 0 Å². The van der Waals surface area contributed by atoms with E-state index in [4.69, 9.17) is 42.2 Å². The highest BCUT2D eigenvalue weighted by atomic mass is 31.2. The van der Waals surface area contributed by atoms with Gasteiger partial charge in [0.2, 0.25) is 0 Å². The number of aliphatic hydroxyl groups excluding tert-OH is 2. The standard InChI is InChI=1S/C67H99N2O21P/c1-11-12-13-14-15-16-17-18-19-20-21-22-23-30-35-53(73)82-41-49(42-85-91(80,81)84-37-36-69(8,9)10)87-54(74)40-68-56(47-31-26-24-27-32-47)57(75)63(78)88-50-39-67(79)61(89-62(77)48-33-28-25-29-34-48)59-65(7,51(72)38-52-66(59,43-83-52)90-46(4)71)60(76)58(86-45(3)70)55(44(50)2)64(67,5)6/h24-29,31-34,49-52,56-59,61,68,72,75,79H,11-23,30,35-43H2,1-10H3/p+1/t49-,50+,51+,52-,56?,57-,58-,59?,61?,65-,66+,67-/m1/s1. The topological polar surface area (TPSA) is 313 Å². The van der Waals surface area contributed by atoms with Crippen LogP contribution in [0, 0.1) is 16.7 Å². The number of phosphoric acid groups is 1. The molecular formula is C67H100N2O21P+. The molecule has 6 rings (SSSR count). The number of carbonyl (C=O) groups excluding carboxylic acids is 7. The molecule has 0 radical (unpaired) electrons. The summed E-state index contributed by atoms with van der Waals surface area (Å²) in [5, 5.41) is 41.1. The van der Waals surface area contributed by atoms with Crippen molar-refractivity contribution in [1.82, 2.24) is 5.32 Å². The van der Waals surface area contributed by atoms with Crippen LogP contribution in [0.25, 0.3) is 0 Å². The number of aliphatic hydroxyl groups is 3. The molecule has 4 unspecified atom stereocenters. The molecule has 2 bridgehead atoms. The lowest BCUT2D eigenvalue weighted by Gasteiger charge is -2.67. The maximum atomic E-state index is 15.7. The predicted molar refractivity (Wildman–Crippen MR) is 332 cm³/mol.